The van der Waals surface area contributed by atoms with E-state index in [2.05, 4.69) is 168 Å². The first kappa shape index (κ1) is 24.0. The normalized spacial score (nSPS) is 11.7. The van der Waals surface area contributed by atoms with E-state index in [9.17, 15) is 0 Å². The van der Waals surface area contributed by atoms with Crippen LogP contribution in [-0.2, 0) is 0 Å². The smallest absolute Gasteiger partial charge is 0.0541 e. The summed E-state index contributed by atoms with van der Waals surface area (Å²) in [6.45, 7) is 0. The molecule has 0 aliphatic heterocycles. The van der Waals surface area contributed by atoms with Crippen molar-refractivity contribution < 1.29 is 0 Å². The zero-order valence-corrected chi connectivity index (χ0v) is 23.5. The minimum Gasteiger partial charge on any atom is -0.309 e. The van der Waals surface area contributed by atoms with Gasteiger partial charge in [-0.2, -0.15) is 0 Å². The summed E-state index contributed by atoms with van der Waals surface area (Å²) in [5.74, 6) is 0. The van der Waals surface area contributed by atoms with Gasteiger partial charge >= 0.3 is 0 Å². The highest BCUT2D eigenvalue weighted by Crippen LogP contribution is 2.38. The van der Waals surface area contributed by atoms with Gasteiger partial charge in [0.2, 0.25) is 0 Å². The van der Waals surface area contributed by atoms with Crippen LogP contribution in [0.2, 0.25) is 0 Å². The van der Waals surface area contributed by atoms with Crippen molar-refractivity contribution in [3.8, 4) is 27.9 Å². The van der Waals surface area contributed by atoms with E-state index >= 15 is 0 Å². The molecule has 0 amide bonds. The number of benzene rings is 8. The molecule has 1 aromatic heterocycles. The van der Waals surface area contributed by atoms with Crippen LogP contribution < -0.4 is 0 Å². The Hall–Kier alpha value is -5.66. The number of rotatable bonds is 3. The topological polar surface area (TPSA) is 4.93 Å². The molecule has 43 heavy (non-hydrogen) atoms. The summed E-state index contributed by atoms with van der Waals surface area (Å²) in [6, 6.07) is 60.0. The molecular formula is C42H27N. The van der Waals surface area contributed by atoms with Crippen LogP contribution in [0.15, 0.2) is 164 Å². The van der Waals surface area contributed by atoms with Gasteiger partial charge in [0.25, 0.3) is 0 Å². The highest BCUT2D eigenvalue weighted by Gasteiger charge is 2.15. The van der Waals surface area contributed by atoms with Crippen molar-refractivity contribution >= 4 is 54.1 Å². The molecule has 9 rings (SSSR count). The molecule has 0 saturated heterocycles. The van der Waals surface area contributed by atoms with E-state index in [-0.39, 0.29) is 0 Å². The predicted molar refractivity (Wildman–Crippen MR) is 184 cm³/mol. The molecule has 0 aliphatic rings. The van der Waals surface area contributed by atoms with E-state index in [0.717, 1.165) is 0 Å². The van der Waals surface area contributed by atoms with Gasteiger partial charge in [0.15, 0.2) is 0 Å². The monoisotopic (exact) mass is 545 g/mol. The number of nitrogens with zero attached hydrogens (tertiary/aromatic N) is 1. The lowest BCUT2D eigenvalue weighted by Crippen LogP contribution is -1.94. The average Bonchev–Trinajstić information content (AvgIpc) is 3.40. The lowest BCUT2D eigenvalue weighted by Gasteiger charge is -2.10. The number of aromatic nitrogens is 1. The SMILES string of the molecule is c1ccc2cc(-c3ccc4c(c3)c3cc(-c5ccc6ccccc6c5)ccc3n4-c3ccc4ccccc4c3)ccc2c1. The molecule has 1 heteroatoms. The van der Waals surface area contributed by atoms with Crippen LogP contribution in [0.3, 0.4) is 0 Å². The molecule has 1 nitrogen and oxygen atoms in total. The molecule has 200 valence electrons. The first-order valence-corrected chi connectivity index (χ1v) is 14.8. The number of hydrogen-bond donors (Lipinski definition) is 0. The largest absolute Gasteiger partial charge is 0.309 e. The highest BCUT2D eigenvalue weighted by atomic mass is 15.0. The summed E-state index contributed by atoms with van der Waals surface area (Å²) < 4.78 is 2.42. The van der Waals surface area contributed by atoms with E-state index in [1.165, 1.54) is 82.1 Å². The molecule has 8 aromatic carbocycles. The zero-order chi connectivity index (χ0) is 28.3. The van der Waals surface area contributed by atoms with Crippen LogP contribution in [0.4, 0.5) is 0 Å². The Balaban J connectivity index is 1.30. The molecule has 0 unspecified atom stereocenters. The van der Waals surface area contributed by atoms with E-state index in [1.54, 1.807) is 0 Å². The van der Waals surface area contributed by atoms with Gasteiger partial charge in [-0.25, -0.2) is 0 Å². The fraction of sp³-hybridized carbons (Fsp3) is 0. The second-order valence-electron chi connectivity index (χ2n) is 11.5. The van der Waals surface area contributed by atoms with Crippen molar-refractivity contribution in [1.29, 1.82) is 0 Å². The summed E-state index contributed by atoms with van der Waals surface area (Å²) in [4.78, 5) is 0. The first-order valence-electron chi connectivity index (χ1n) is 14.8. The van der Waals surface area contributed by atoms with Gasteiger partial charge in [0.1, 0.15) is 0 Å². The Morgan fingerprint density at radius 1 is 0.279 bits per heavy atom. The van der Waals surface area contributed by atoms with E-state index in [4.69, 9.17) is 0 Å². The Labute approximate surface area is 249 Å². The Morgan fingerprint density at radius 3 is 1.14 bits per heavy atom. The summed E-state index contributed by atoms with van der Waals surface area (Å²) in [6.07, 6.45) is 0. The fourth-order valence-electron chi connectivity index (χ4n) is 6.71. The lowest BCUT2D eigenvalue weighted by atomic mass is 9.98. The molecule has 0 N–H and O–H groups in total. The molecule has 0 fully saturated rings. The second kappa shape index (κ2) is 9.44. The van der Waals surface area contributed by atoms with Crippen molar-refractivity contribution in [3.05, 3.63) is 164 Å². The van der Waals surface area contributed by atoms with Gasteiger partial charge in [0, 0.05) is 16.5 Å². The van der Waals surface area contributed by atoms with Crippen LogP contribution in [-0.4, -0.2) is 4.57 Å². The maximum Gasteiger partial charge on any atom is 0.0541 e. The van der Waals surface area contributed by atoms with Crippen molar-refractivity contribution in [1.82, 2.24) is 4.57 Å². The summed E-state index contributed by atoms with van der Waals surface area (Å²) in [5.41, 5.74) is 8.53. The van der Waals surface area contributed by atoms with Crippen molar-refractivity contribution in [3.63, 3.8) is 0 Å². The third kappa shape index (κ3) is 3.94. The predicted octanol–water partition coefficient (Wildman–Crippen LogP) is 11.6. The molecular weight excluding hydrogens is 518 g/mol. The molecule has 0 aliphatic carbocycles. The molecule has 0 saturated carbocycles. The average molecular weight is 546 g/mol. The lowest BCUT2D eigenvalue weighted by molar-refractivity contribution is 1.19. The highest BCUT2D eigenvalue weighted by molar-refractivity contribution is 6.12. The molecule has 0 spiro atoms. The second-order valence-corrected chi connectivity index (χ2v) is 11.5. The maximum atomic E-state index is 2.42. The van der Waals surface area contributed by atoms with Crippen LogP contribution >= 0.6 is 0 Å². The van der Waals surface area contributed by atoms with Crippen molar-refractivity contribution in [2.75, 3.05) is 0 Å². The summed E-state index contributed by atoms with van der Waals surface area (Å²) in [5, 5.41) is 10.1. The summed E-state index contributed by atoms with van der Waals surface area (Å²) >= 11 is 0. The standard InChI is InChI=1S/C42H27N/c1-4-10-31-23-34(15-13-28(31)7-1)36-18-21-41-39(26-36)40-27-37(35-16-14-29-8-2-5-11-32(29)24-35)19-22-42(40)43(41)38-20-17-30-9-3-6-12-33(30)25-38/h1-27H. The minimum absolute atomic E-state index is 1.18. The van der Waals surface area contributed by atoms with Crippen LogP contribution in [0.5, 0.6) is 0 Å². The van der Waals surface area contributed by atoms with Gasteiger partial charge in [-0.15, -0.1) is 0 Å². The molecule has 9 aromatic rings. The Bertz CT molecular complexity index is 2380. The van der Waals surface area contributed by atoms with Crippen LogP contribution in [0.25, 0.3) is 82.1 Å². The molecule has 0 atom stereocenters. The number of fused-ring (bicyclic) bond motifs is 6. The van der Waals surface area contributed by atoms with Gasteiger partial charge < -0.3 is 4.57 Å². The van der Waals surface area contributed by atoms with E-state index in [1.807, 2.05) is 0 Å². The minimum atomic E-state index is 1.18. The fourth-order valence-corrected chi connectivity index (χ4v) is 6.71. The van der Waals surface area contributed by atoms with E-state index in [0.29, 0.717) is 0 Å². The van der Waals surface area contributed by atoms with Crippen molar-refractivity contribution in [2.45, 2.75) is 0 Å². The van der Waals surface area contributed by atoms with E-state index < -0.39 is 0 Å². The van der Waals surface area contributed by atoms with Crippen LogP contribution in [0, 0.1) is 0 Å². The first-order chi connectivity index (χ1) is 21.3. The third-order valence-corrected chi connectivity index (χ3v) is 8.92. The molecule has 0 radical (unpaired) electrons. The maximum absolute atomic E-state index is 2.42. The van der Waals surface area contributed by atoms with Gasteiger partial charge in [-0.1, -0.05) is 115 Å². The quantitative estimate of drug-likeness (QED) is 0.208. The van der Waals surface area contributed by atoms with Gasteiger partial charge in [0.05, 0.1) is 11.0 Å². The summed E-state index contributed by atoms with van der Waals surface area (Å²) in [7, 11) is 0. The number of hydrogen-bond acceptors (Lipinski definition) is 0. The molecule has 0 bridgehead atoms. The van der Waals surface area contributed by atoms with Gasteiger partial charge in [-0.3, -0.25) is 0 Å². The molecule has 1 heterocycles. The Morgan fingerprint density at radius 2 is 0.651 bits per heavy atom. The zero-order valence-electron chi connectivity index (χ0n) is 23.5. The Kier molecular flexibility index (Phi) is 5.27. The van der Waals surface area contributed by atoms with Gasteiger partial charge in [-0.05, 0) is 103 Å². The van der Waals surface area contributed by atoms with Crippen molar-refractivity contribution in [2.24, 2.45) is 0 Å². The van der Waals surface area contributed by atoms with Crippen LogP contribution in [0.1, 0.15) is 0 Å². The third-order valence-electron chi connectivity index (χ3n) is 8.92.